The zero-order valence-electron chi connectivity index (χ0n) is 17.4. The minimum absolute atomic E-state index is 0.258. The fraction of sp³-hybridized carbons (Fsp3) is 0.214. The number of ether oxygens (including phenoxy) is 1. The fourth-order valence-corrected chi connectivity index (χ4v) is 3.79. The van der Waals surface area contributed by atoms with E-state index in [9.17, 15) is 4.79 Å². The van der Waals surface area contributed by atoms with Gasteiger partial charge in [-0.15, -0.1) is 0 Å². The molecule has 0 bridgehead atoms. The number of para-hydroxylation sites is 1. The summed E-state index contributed by atoms with van der Waals surface area (Å²) >= 11 is 0. The molecule has 1 fully saturated rings. The van der Waals surface area contributed by atoms with Gasteiger partial charge >= 0.3 is 5.97 Å². The van der Waals surface area contributed by atoms with Gasteiger partial charge in [0, 0.05) is 11.5 Å². The van der Waals surface area contributed by atoms with Crippen LogP contribution in [0.1, 0.15) is 41.6 Å². The first-order chi connectivity index (χ1) is 15.3. The van der Waals surface area contributed by atoms with Gasteiger partial charge < -0.3 is 4.74 Å². The summed E-state index contributed by atoms with van der Waals surface area (Å²) in [5.74, 6) is 6.43. The second-order valence-electron chi connectivity index (χ2n) is 7.67. The predicted molar refractivity (Wildman–Crippen MR) is 124 cm³/mol. The Morgan fingerprint density at radius 1 is 0.806 bits per heavy atom. The van der Waals surface area contributed by atoms with Crippen molar-refractivity contribution in [1.82, 2.24) is 0 Å². The lowest BCUT2D eigenvalue weighted by atomic mass is 10.00. The number of carbonyl (C=O) groups is 1. The summed E-state index contributed by atoms with van der Waals surface area (Å²) < 4.78 is 5.89. The molecule has 0 amide bonds. The average molecular weight is 408 g/mol. The molecule has 1 saturated carbocycles. The lowest BCUT2D eigenvalue weighted by Crippen LogP contribution is -2.24. The first-order valence-corrected chi connectivity index (χ1v) is 10.8. The van der Waals surface area contributed by atoms with Crippen LogP contribution < -0.4 is 0 Å². The largest absolute Gasteiger partial charge is 0.445 e. The molecular formula is C28H25NO2. The molecule has 0 aromatic heterocycles. The zero-order chi connectivity index (χ0) is 21.3. The van der Waals surface area contributed by atoms with Crippen LogP contribution in [0.15, 0.2) is 96.0 Å². The molecule has 0 saturated heterocycles. The van der Waals surface area contributed by atoms with E-state index >= 15 is 0 Å². The molecule has 3 aromatic carbocycles. The van der Waals surface area contributed by atoms with Crippen LogP contribution in [0.5, 0.6) is 0 Å². The number of nitrogens with zero attached hydrogens (tertiary/aromatic N) is 1. The summed E-state index contributed by atoms with van der Waals surface area (Å²) in [6, 6.07) is 28.8. The minimum atomic E-state index is -0.445. The van der Waals surface area contributed by atoms with Crippen LogP contribution in [0.2, 0.25) is 0 Å². The van der Waals surface area contributed by atoms with Gasteiger partial charge in [-0.3, -0.25) is 0 Å². The number of benzene rings is 3. The molecule has 0 radical (unpaired) electrons. The topological polar surface area (TPSA) is 38.7 Å². The van der Waals surface area contributed by atoms with Gasteiger partial charge in [0.2, 0.25) is 0 Å². The van der Waals surface area contributed by atoms with Gasteiger partial charge in [0.05, 0.1) is 11.3 Å². The minimum Gasteiger partial charge on any atom is -0.445 e. The number of hydrogen-bond donors (Lipinski definition) is 0. The molecule has 3 heteroatoms. The summed E-state index contributed by atoms with van der Waals surface area (Å²) in [7, 11) is 0. The van der Waals surface area contributed by atoms with Crippen LogP contribution in [0, 0.1) is 17.8 Å². The van der Waals surface area contributed by atoms with E-state index in [1.54, 1.807) is 12.1 Å². The lowest BCUT2D eigenvalue weighted by Gasteiger charge is -2.18. The van der Waals surface area contributed by atoms with Gasteiger partial charge in [-0.1, -0.05) is 85.5 Å². The van der Waals surface area contributed by atoms with E-state index in [0.29, 0.717) is 11.3 Å². The Hall–Kier alpha value is -3.64. The van der Waals surface area contributed by atoms with Crippen LogP contribution in [0.3, 0.4) is 0 Å². The van der Waals surface area contributed by atoms with Crippen LogP contribution in [-0.2, 0) is 4.74 Å². The highest BCUT2D eigenvalue weighted by Gasteiger charge is 2.27. The number of esters is 1. The van der Waals surface area contributed by atoms with Gasteiger partial charge in [-0.05, 0) is 43.0 Å². The van der Waals surface area contributed by atoms with Gasteiger partial charge in [-0.25, -0.2) is 9.79 Å². The van der Waals surface area contributed by atoms with Crippen LogP contribution in [0.25, 0.3) is 0 Å². The third-order valence-corrected chi connectivity index (χ3v) is 5.45. The highest BCUT2D eigenvalue weighted by molar-refractivity contribution is 6.14. The highest BCUT2D eigenvalue weighted by Crippen LogP contribution is 2.29. The van der Waals surface area contributed by atoms with Crippen molar-refractivity contribution < 1.29 is 9.53 Å². The molecule has 0 N–H and O–H groups in total. The molecule has 4 rings (SSSR count). The van der Waals surface area contributed by atoms with Crippen molar-refractivity contribution in [2.45, 2.75) is 31.8 Å². The molecule has 1 unspecified atom stereocenters. The van der Waals surface area contributed by atoms with Crippen molar-refractivity contribution >= 4 is 17.4 Å². The Bertz CT molecular complexity index is 1070. The van der Waals surface area contributed by atoms with E-state index in [1.165, 1.54) is 0 Å². The van der Waals surface area contributed by atoms with E-state index in [-0.39, 0.29) is 11.9 Å². The van der Waals surface area contributed by atoms with Crippen molar-refractivity contribution in [2.24, 2.45) is 10.9 Å². The first kappa shape index (κ1) is 20.6. The van der Waals surface area contributed by atoms with Crippen LogP contribution in [0.4, 0.5) is 5.69 Å². The van der Waals surface area contributed by atoms with Gasteiger partial charge in [0.1, 0.15) is 5.71 Å². The summed E-state index contributed by atoms with van der Waals surface area (Å²) in [6.45, 7) is 0. The quantitative estimate of drug-likeness (QED) is 0.286. The lowest BCUT2D eigenvalue weighted by molar-refractivity contribution is 0.0303. The second-order valence-corrected chi connectivity index (χ2v) is 7.67. The monoisotopic (exact) mass is 407 g/mol. The summed E-state index contributed by atoms with van der Waals surface area (Å²) in [4.78, 5) is 17.5. The Labute approximate surface area is 183 Å². The van der Waals surface area contributed by atoms with Gasteiger partial charge in [0.25, 0.3) is 0 Å². The molecule has 1 aliphatic rings. The highest BCUT2D eigenvalue weighted by atomic mass is 16.5. The van der Waals surface area contributed by atoms with E-state index in [2.05, 4.69) is 11.8 Å². The summed E-state index contributed by atoms with van der Waals surface area (Å²) in [5, 5.41) is 0. The van der Waals surface area contributed by atoms with Crippen LogP contribution in [-0.4, -0.2) is 17.8 Å². The molecule has 0 heterocycles. The number of carbonyl (C=O) groups excluding carboxylic acids is 1. The second kappa shape index (κ2) is 10.4. The number of rotatable bonds is 5. The van der Waals surface area contributed by atoms with E-state index in [0.717, 1.165) is 36.9 Å². The van der Waals surface area contributed by atoms with Crippen molar-refractivity contribution in [2.75, 3.05) is 0 Å². The number of hydrogen-bond acceptors (Lipinski definition) is 3. The van der Waals surface area contributed by atoms with Crippen molar-refractivity contribution in [3.63, 3.8) is 0 Å². The molecule has 154 valence electrons. The smallest absolute Gasteiger partial charge is 0.339 e. The normalized spacial score (nSPS) is 15.0. The third kappa shape index (κ3) is 5.71. The Balaban J connectivity index is 1.64. The number of aliphatic imine (C=N–C) groups is 1. The SMILES string of the molecule is O=C(OC(C#CC(=Nc1ccccc1)c1ccccc1)C1CCCC1)c1ccccc1. The summed E-state index contributed by atoms with van der Waals surface area (Å²) in [6.07, 6.45) is 3.90. The molecule has 0 aliphatic heterocycles. The average Bonchev–Trinajstić information content (AvgIpc) is 3.37. The van der Waals surface area contributed by atoms with Gasteiger partial charge in [-0.2, -0.15) is 0 Å². The van der Waals surface area contributed by atoms with Crippen molar-refractivity contribution in [1.29, 1.82) is 0 Å². The first-order valence-electron chi connectivity index (χ1n) is 10.8. The van der Waals surface area contributed by atoms with Crippen molar-refractivity contribution in [3.8, 4) is 11.8 Å². The maximum absolute atomic E-state index is 12.7. The maximum Gasteiger partial charge on any atom is 0.339 e. The van der Waals surface area contributed by atoms with Crippen LogP contribution >= 0.6 is 0 Å². The van der Waals surface area contributed by atoms with Crippen molar-refractivity contribution in [3.05, 3.63) is 102 Å². The molecule has 31 heavy (non-hydrogen) atoms. The molecule has 0 spiro atoms. The molecular weight excluding hydrogens is 382 g/mol. The molecule has 3 nitrogen and oxygen atoms in total. The summed E-state index contributed by atoms with van der Waals surface area (Å²) in [5.41, 5.74) is 3.01. The van der Waals surface area contributed by atoms with E-state index in [1.807, 2.05) is 78.9 Å². The molecule has 1 atom stereocenters. The van der Waals surface area contributed by atoms with E-state index < -0.39 is 6.10 Å². The Morgan fingerprint density at radius 2 is 1.35 bits per heavy atom. The zero-order valence-corrected chi connectivity index (χ0v) is 17.4. The molecule has 3 aromatic rings. The van der Waals surface area contributed by atoms with Gasteiger partial charge in [0.15, 0.2) is 6.10 Å². The van der Waals surface area contributed by atoms with E-state index in [4.69, 9.17) is 9.73 Å². The Kier molecular flexibility index (Phi) is 6.92. The standard InChI is InChI=1S/C28H25NO2/c30-28(24-16-6-2-7-17-24)31-27(23-14-10-11-15-23)21-20-26(22-12-4-1-5-13-22)29-25-18-8-3-9-19-25/h1-9,12-13,16-19,23,27H,10-11,14-15H2. The molecule has 1 aliphatic carbocycles. The Morgan fingerprint density at radius 3 is 1.97 bits per heavy atom. The fourth-order valence-electron chi connectivity index (χ4n) is 3.79. The third-order valence-electron chi connectivity index (χ3n) is 5.45. The predicted octanol–water partition coefficient (Wildman–Crippen LogP) is 6.23. The maximum atomic E-state index is 12.7.